The van der Waals surface area contributed by atoms with Crippen molar-refractivity contribution in [3.8, 4) is 11.5 Å². The number of ether oxygens (including phenoxy) is 2. The van der Waals surface area contributed by atoms with Gasteiger partial charge >= 0.3 is 0 Å². The van der Waals surface area contributed by atoms with Crippen LogP contribution in [0.2, 0.25) is 0 Å². The number of para-hydroxylation sites is 2. The van der Waals surface area contributed by atoms with Gasteiger partial charge in [-0.1, -0.05) is 19.1 Å². The minimum Gasteiger partial charge on any atom is -0.490 e. The second-order valence-electron chi connectivity index (χ2n) is 7.20. The van der Waals surface area contributed by atoms with Gasteiger partial charge in [-0.2, -0.15) is 0 Å². The SMILES string of the molecule is CCOc1ccccc1OCC(=O)Nc1nc(C)c(CN2CCC(C)CC2)s1. The maximum atomic E-state index is 12.3. The van der Waals surface area contributed by atoms with Crippen LogP contribution in [-0.2, 0) is 11.3 Å². The molecule has 1 saturated heterocycles. The summed E-state index contributed by atoms with van der Waals surface area (Å²) in [6, 6.07) is 7.35. The van der Waals surface area contributed by atoms with E-state index in [4.69, 9.17) is 9.47 Å². The summed E-state index contributed by atoms with van der Waals surface area (Å²) >= 11 is 1.55. The molecule has 1 aliphatic rings. The Morgan fingerprint density at radius 1 is 1.25 bits per heavy atom. The molecule has 1 aromatic heterocycles. The van der Waals surface area contributed by atoms with Crippen molar-refractivity contribution in [2.45, 2.75) is 40.2 Å². The summed E-state index contributed by atoms with van der Waals surface area (Å²) in [5.74, 6) is 1.80. The first-order valence-electron chi connectivity index (χ1n) is 9.88. The standard InChI is InChI=1S/C21H29N3O3S/c1-4-26-17-7-5-6-8-18(17)27-14-20(25)23-21-22-16(3)19(28-21)13-24-11-9-15(2)10-12-24/h5-8,15H,4,9-14H2,1-3H3,(H,22,23,25). The van der Waals surface area contributed by atoms with Gasteiger partial charge in [-0.15, -0.1) is 11.3 Å². The maximum absolute atomic E-state index is 12.3. The van der Waals surface area contributed by atoms with Crippen molar-refractivity contribution in [2.24, 2.45) is 5.92 Å². The van der Waals surface area contributed by atoms with E-state index in [1.54, 1.807) is 17.4 Å². The van der Waals surface area contributed by atoms with E-state index in [1.807, 2.05) is 32.0 Å². The summed E-state index contributed by atoms with van der Waals surface area (Å²) in [5, 5.41) is 3.48. The van der Waals surface area contributed by atoms with Gasteiger partial charge in [-0.3, -0.25) is 15.0 Å². The molecule has 0 saturated carbocycles. The Morgan fingerprint density at radius 3 is 2.61 bits per heavy atom. The van der Waals surface area contributed by atoms with Gasteiger partial charge in [0.05, 0.1) is 12.3 Å². The molecule has 2 heterocycles. The maximum Gasteiger partial charge on any atom is 0.264 e. The Labute approximate surface area is 170 Å². The smallest absolute Gasteiger partial charge is 0.264 e. The Bertz CT molecular complexity index is 785. The van der Waals surface area contributed by atoms with Gasteiger partial charge in [-0.25, -0.2) is 4.98 Å². The predicted molar refractivity (Wildman–Crippen MR) is 112 cm³/mol. The summed E-state index contributed by atoms with van der Waals surface area (Å²) in [4.78, 5) is 20.5. The molecule has 2 aromatic rings. The van der Waals surface area contributed by atoms with Gasteiger partial charge in [0.25, 0.3) is 5.91 Å². The normalized spacial score (nSPS) is 15.4. The van der Waals surface area contributed by atoms with Crippen LogP contribution >= 0.6 is 11.3 Å². The van der Waals surface area contributed by atoms with E-state index in [0.717, 1.165) is 31.2 Å². The number of carbonyl (C=O) groups is 1. The number of aryl methyl sites for hydroxylation is 1. The van der Waals surface area contributed by atoms with Gasteiger partial charge in [0.15, 0.2) is 23.2 Å². The van der Waals surface area contributed by atoms with E-state index in [0.29, 0.717) is 23.2 Å². The lowest BCUT2D eigenvalue weighted by Gasteiger charge is -2.29. The van der Waals surface area contributed by atoms with Crippen LogP contribution in [0.1, 0.15) is 37.3 Å². The quantitative estimate of drug-likeness (QED) is 0.719. The second kappa shape index (κ2) is 9.89. The Morgan fingerprint density at radius 2 is 1.93 bits per heavy atom. The first kappa shape index (κ1) is 20.6. The fraction of sp³-hybridized carbons (Fsp3) is 0.524. The zero-order valence-corrected chi connectivity index (χ0v) is 17.7. The third kappa shape index (κ3) is 5.69. The van der Waals surface area contributed by atoms with Crippen LogP contribution in [0.3, 0.4) is 0 Å². The molecule has 1 aromatic carbocycles. The lowest BCUT2D eigenvalue weighted by atomic mass is 9.99. The minimum absolute atomic E-state index is 0.0813. The number of likely N-dealkylation sites (tertiary alicyclic amines) is 1. The highest BCUT2D eigenvalue weighted by atomic mass is 32.1. The molecule has 0 aliphatic carbocycles. The van der Waals surface area contributed by atoms with E-state index in [-0.39, 0.29) is 12.5 Å². The van der Waals surface area contributed by atoms with Crippen molar-refractivity contribution in [2.75, 3.05) is 31.6 Å². The van der Waals surface area contributed by atoms with E-state index in [2.05, 4.69) is 22.1 Å². The topological polar surface area (TPSA) is 63.7 Å². The molecule has 1 N–H and O–H groups in total. The molecule has 1 aliphatic heterocycles. The highest BCUT2D eigenvalue weighted by molar-refractivity contribution is 7.15. The van der Waals surface area contributed by atoms with Crippen LogP contribution in [0.25, 0.3) is 0 Å². The van der Waals surface area contributed by atoms with Gasteiger partial charge in [0, 0.05) is 11.4 Å². The number of aromatic nitrogens is 1. The molecule has 1 fully saturated rings. The fourth-order valence-electron chi connectivity index (χ4n) is 3.19. The van der Waals surface area contributed by atoms with E-state index >= 15 is 0 Å². The van der Waals surface area contributed by atoms with Gasteiger partial charge in [0.2, 0.25) is 0 Å². The van der Waals surface area contributed by atoms with Crippen LogP contribution in [0.4, 0.5) is 5.13 Å². The van der Waals surface area contributed by atoms with E-state index in [1.165, 1.54) is 17.7 Å². The lowest BCUT2D eigenvalue weighted by molar-refractivity contribution is -0.118. The number of nitrogens with one attached hydrogen (secondary N) is 1. The largest absolute Gasteiger partial charge is 0.490 e. The monoisotopic (exact) mass is 403 g/mol. The molecular formula is C21H29N3O3S. The molecule has 152 valence electrons. The Balaban J connectivity index is 1.52. The molecule has 28 heavy (non-hydrogen) atoms. The molecule has 7 heteroatoms. The molecule has 0 bridgehead atoms. The number of hydrogen-bond donors (Lipinski definition) is 1. The number of carbonyl (C=O) groups excluding carboxylic acids is 1. The summed E-state index contributed by atoms with van der Waals surface area (Å²) in [6.07, 6.45) is 2.50. The van der Waals surface area contributed by atoms with Gasteiger partial charge in [-0.05, 0) is 57.8 Å². The van der Waals surface area contributed by atoms with Crippen molar-refractivity contribution in [1.82, 2.24) is 9.88 Å². The highest BCUT2D eigenvalue weighted by Gasteiger charge is 2.19. The first-order chi connectivity index (χ1) is 13.5. The predicted octanol–water partition coefficient (Wildman–Crippen LogP) is 4.10. The number of nitrogens with zero attached hydrogens (tertiary/aromatic N) is 2. The number of benzene rings is 1. The zero-order chi connectivity index (χ0) is 19.9. The third-order valence-electron chi connectivity index (χ3n) is 4.89. The van der Waals surface area contributed by atoms with Crippen LogP contribution in [0.5, 0.6) is 11.5 Å². The van der Waals surface area contributed by atoms with Crippen molar-refractivity contribution < 1.29 is 14.3 Å². The number of hydrogen-bond acceptors (Lipinski definition) is 6. The van der Waals surface area contributed by atoms with Crippen LogP contribution in [0.15, 0.2) is 24.3 Å². The Kier molecular flexibility index (Phi) is 7.28. The van der Waals surface area contributed by atoms with Crippen molar-refractivity contribution in [3.63, 3.8) is 0 Å². The molecule has 1 amide bonds. The molecule has 3 rings (SSSR count). The highest BCUT2D eigenvalue weighted by Crippen LogP contribution is 2.28. The van der Waals surface area contributed by atoms with Crippen molar-refractivity contribution in [3.05, 3.63) is 34.8 Å². The molecule has 0 spiro atoms. The lowest BCUT2D eigenvalue weighted by Crippen LogP contribution is -2.32. The number of amides is 1. The number of anilines is 1. The minimum atomic E-state index is -0.224. The second-order valence-corrected chi connectivity index (χ2v) is 8.29. The van der Waals surface area contributed by atoms with Crippen molar-refractivity contribution in [1.29, 1.82) is 0 Å². The summed E-state index contributed by atoms with van der Waals surface area (Å²) in [7, 11) is 0. The summed E-state index contributed by atoms with van der Waals surface area (Å²) < 4.78 is 11.1. The Hall–Kier alpha value is -2.12. The molecule has 6 nitrogen and oxygen atoms in total. The molecule has 0 unspecified atom stereocenters. The zero-order valence-electron chi connectivity index (χ0n) is 16.9. The third-order valence-corrected chi connectivity index (χ3v) is 5.95. The summed E-state index contributed by atoms with van der Waals surface area (Å²) in [6.45, 7) is 9.87. The van der Waals surface area contributed by atoms with Crippen molar-refractivity contribution >= 4 is 22.4 Å². The number of piperidine rings is 1. The van der Waals surface area contributed by atoms with Crippen LogP contribution in [0, 0.1) is 12.8 Å². The number of thiazole rings is 1. The van der Waals surface area contributed by atoms with Crippen LogP contribution < -0.4 is 14.8 Å². The van der Waals surface area contributed by atoms with E-state index < -0.39 is 0 Å². The van der Waals surface area contributed by atoms with Gasteiger partial charge < -0.3 is 9.47 Å². The molecule has 0 atom stereocenters. The van der Waals surface area contributed by atoms with E-state index in [9.17, 15) is 4.79 Å². The fourth-order valence-corrected chi connectivity index (χ4v) is 4.22. The number of rotatable bonds is 8. The average Bonchev–Trinajstić information content (AvgIpc) is 3.02. The van der Waals surface area contributed by atoms with Crippen LogP contribution in [-0.4, -0.2) is 42.1 Å². The molecular weight excluding hydrogens is 374 g/mol. The average molecular weight is 404 g/mol. The van der Waals surface area contributed by atoms with Gasteiger partial charge in [0.1, 0.15) is 0 Å². The molecule has 0 radical (unpaired) electrons. The summed E-state index contributed by atoms with van der Waals surface area (Å²) in [5.41, 5.74) is 0.988. The first-order valence-corrected chi connectivity index (χ1v) is 10.7.